The fourth-order valence-corrected chi connectivity index (χ4v) is 4.93. The molecule has 7 rings (SSSR count). The second kappa shape index (κ2) is 10.3. The van der Waals surface area contributed by atoms with Gasteiger partial charge in [-0.05, 0) is 34.5 Å². The van der Waals surface area contributed by atoms with Crippen molar-refractivity contribution in [2.24, 2.45) is 0 Å². The summed E-state index contributed by atoms with van der Waals surface area (Å²) in [5.74, 6) is 1.93. The summed E-state index contributed by atoms with van der Waals surface area (Å²) in [5.41, 5.74) is 6.96. The molecule has 0 fully saturated rings. The van der Waals surface area contributed by atoms with E-state index in [-0.39, 0.29) is 0 Å². The highest BCUT2D eigenvalue weighted by Gasteiger charge is 2.15. The molecular formula is C35H23N5. The topological polar surface area (TPSA) is 64.5 Å². The number of fused-ring (bicyclic) bond motifs is 1. The number of benzene rings is 4. The van der Waals surface area contributed by atoms with Crippen LogP contribution in [0.25, 0.3) is 67.3 Å². The summed E-state index contributed by atoms with van der Waals surface area (Å²) in [5, 5.41) is 2.18. The minimum Gasteiger partial charge on any atom is -0.265 e. The highest BCUT2D eigenvalue weighted by Crippen LogP contribution is 2.35. The Labute approximate surface area is 231 Å². The Hall–Kier alpha value is -5.55. The first-order chi connectivity index (χ1) is 19.8. The van der Waals surface area contributed by atoms with Crippen molar-refractivity contribution in [1.82, 2.24) is 24.9 Å². The van der Waals surface area contributed by atoms with Crippen LogP contribution in [0.2, 0.25) is 0 Å². The van der Waals surface area contributed by atoms with E-state index in [1.54, 1.807) is 12.4 Å². The van der Waals surface area contributed by atoms with E-state index >= 15 is 0 Å². The Kier molecular flexibility index (Phi) is 6.07. The quantitative estimate of drug-likeness (QED) is 0.232. The third-order valence-electron chi connectivity index (χ3n) is 6.91. The van der Waals surface area contributed by atoms with Crippen LogP contribution < -0.4 is 0 Å². The first-order valence-electron chi connectivity index (χ1n) is 13.1. The molecule has 0 bridgehead atoms. The summed E-state index contributed by atoms with van der Waals surface area (Å²) in [6.45, 7) is 0. The molecule has 5 nitrogen and oxygen atoms in total. The van der Waals surface area contributed by atoms with Gasteiger partial charge in [0.05, 0.1) is 5.69 Å². The number of rotatable bonds is 5. The van der Waals surface area contributed by atoms with Gasteiger partial charge in [-0.2, -0.15) is 0 Å². The van der Waals surface area contributed by atoms with Crippen molar-refractivity contribution in [1.29, 1.82) is 0 Å². The molecule has 7 aromatic rings. The molecule has 0 unspecified atom stereocenters. The van der Waals surface area contributed by atoms with Crippen molar-refractivity contribution in [2.75, 3.05) is 0 Å². The van der Waals surface area contributed by atoms with E-state index in [0.29, 0.717) is 17.5 Å². The molecule has 0 saturated carbocycles. The van der Waals surface area contributed by atoms with Crippen LogP contribution in [-0.2, 0) is 0 Å². The van der Waals surface area contributed by atoms with Gasteiger partial charge in [0.2, 0.25) is 0 Å². The lowest BCUT2D eigenvalue weighted by atomic mass is 9.96. The summed E-state index contributed by atoms with van der Waals surface area (Å²) >= 11 is 0. The predicted octanol–water partition coefficient (Wildman–Crippen LogP) is 8.15. The Morgan fingerprint density at radius 1 is 0.375 bits per heavy atom. The SMILES string of the molecule is c1ccc(-c2nc(-c3ccccc3)nc(-c3cccc4c(-c5ccc(-c6ccncc6)nc5)cccc34)n2)cc1. The second-order valence-corrected chi connectivity index (χ2v) is 9.41. The Morgan fingerprint density at radius 3 is 1.55 bits per heavy atom. The van der Waals surface area contributed by atoms with Crippen LogP contribution in [0.3, 0.4) is 0 Å². The van der Waals surface area contributed by atoms with Crippen molar-refractivity contribution >= 4 is 10.8 Å². The van der Waals surface area contributed by atoms with Gasteiger partial charge in [-0.25, -0.2) is 15.0 Å². The number of hydrogen-bond acceptors (Lipinski definition) is 5. The predicted molar refractivity (Wildman–Crippen MR) is 160 cm³/mol. The van der Waals surface area contributed by atoms with Crippen LogP contribution in [0.15, 0.2) is 140 Å². The third-order valence-corrected chi connectivity index (χ3v) is 6.91. The molecule has 0 saturated heterocycles. The van der Waals surface area contributed by atoms with Crippen molar-refractivity contribution in [3.05, 3.63) is 140 Å². The molecule has 0 atom stereocenters. The first kappa shape index (κ1) is 23.6. The lowest BCUT2D eigenvalue weighted by molar-refractivity contribution is 1.08. The molecule has 5 heteroatoms. The lowest BCUT2D eigenvalue weighted by Gasteiger charge is -2.12. The monoisotopic (exact) mass is 513 g/mol. The molecular weight excluding hydrogens is 490 g/mol. The summed E-state index contributed by atoms with van der Waals surface area (Å²) in [6, 6.07) is 40.8. The largest absolute Gasteiger partial charge is 0.265 e. The smallest absolute Gasteiger partial charge is 0.164 e. The van der Waals surface area contributed by atoms with Crippen molar-refractivity contribution in [3.8, 4) is 56.5 Å². The number of nitrogens with zero attached hydrogens (tertiary/aromatic N) is 5. The van der Waals surface area contributed by atoms with E-state index in [4.69, 9.17) is 19.9 Å². The molecule has 0 spiro atoms. The fourth-order valence-electron chi connectivity index (χ4n) is 4.93. The van der Waals surface area contributed by atoms with Gasteiger partial charge in [0.15, 0.2) is 17.5 Å². The molecule has 0 aliphatic heterocycles. The molecule has 0 amide bonds. The maximum Gasteiger partial charge on any atom is 0.164 e. The van der Waals surface area contributed by atoms with Gasteiger partial charge in [0.25, 0.3) is 0 Å². The van der Waals surface area contributed by atoms with Gasteiger partial charge in [-0.15, -0.1) is 0 Å². The molecule has 3 aromatic heterocycles. The van der Waals surface area contributed by atoms with Crippen LogP contribution in [0.5, 0.6) is 0 Å². The minimum absolute atomic E-state index is 0.640. The van der Waals surface area contributed by atoms with Gasteiger partial charge < -0.3 is 0 Å². The average molecular weight is 514 g/mol. The van der Waals surface area contributed by atoms with Crippen LogP contribution in [0.1, 0.15) is 0 Å². The van der Waals surface area contributed by atoms with Crippen LogP contribution in [0.4, 0.5) is 0 Å². The molecule has 40 heavy (non-hydrogen) atoms. The Bertz CT molecular complexity index is 1860. The lowest BCUT2D eigenvalue weighted by Crippen LogP contribution is -2.00. The summed E-state index contributed by atoms with van der Waals surface area (Å²) in [7, 11) is 0. The summed E-state index contributed by atoms with van der Waals surface area (Å²) in [6.07, 6.45) is 5.50. The van der Waals surface area contributed by atoms with E-state index in [9.17, 15) is 0 Å². The second-order valence-electron chi connectivity index (χ2n) is 9.41. The average Bonchev–Trinajstić information content (AvgIpc) is 3.05. The summed E-state index contributed by atoms with van der Waals surface area (Å²) < 4.78 is 0. The van der Waals surface area contributed by atoms with Crippen molar-refractivity contribution < 1.29 is 0 Å². The highest BCUT2D eigenvalue weighted by atomic mass is 15.0. The molecule has 188 valence electrons. The van der Waals surface area contributed by atoms with Crippen LogP contribution in [0, 0.1) is 0 Å². The van der Waals surface area contributed by atoms with E-state index in [1.807, 2.05) is 79.0 Å². The fraction of sp³-hybridized carbons (Fsp3) is 0. The minimum atomic E-state index is 0.640. The van der Waals surface area contributed by atoms with Crippen LogP contribution in [-0.4, -0.2) is 24.9 Å². The molecule has 0 aliphatic rings. The first-order valence-corrected chi connectivity index (χ1v) is 13.1. The molecule has 4 aromatic carbocycles. The normalized spacial score (nSPS) is 11.0. The van der Waals surface area contributed by atoms with Crippen molar-refractivity contribution in [3.63, 3.8) is 0 Å². The molecule has 0 radical (unpaired) electrons. The van der Waals surface area contributed by atoms with E-state index in [0.717, 1.165) is 49.8 Å². The standard InChI is InChI=1S/C35H23N5/c1-3-9-25(10-4-1)33-38-34(26-11-5-2-6-12-26)40-35(39-33)31-16-8-14-29-28(13-7-15-30(29)31)27-17-18-32(37-23-27)24-19-21-36-22-20-24/h1-23H. The molecule has 3 heterocycles. The zero-order valence-electron chi connectivity index (χ0n) is 21.5. The van der Waals surface area contributed by atoms with Gasteiger partial charge in [0, 0.05) is 46.4 Å². The maximum absolute atomic E-state index is 4.96. The number of pyridine rings is 2. The van der Waals surface area contributed by atoms with Gasteiger partial charge in [0.1, 0.15) is 0 Å². The van der Waals surface area contributed by atoms with E-state index in [2.05, 4.69) is 53.5 Å². The number of hydrogen-bond donors (Lipinski definition) is 0. The Morgan fingerprint density at radius 2 is 0.950 bits per heavy atom. The highest BCUT2D eigenvalue weighted by molar-refractivity contribution is 6.03. The molecule has 0 aliphatic carbocycles. The maximum atomic E-state index is 4.96. The van der Waals surface area contributed by atoms with Gasteiger partial charge >= 0.3 is 0 Å². The number of aromatic nitrogens is 5. The van der Waals surface area contributed by atoms with Crippen molar-refractivity contribution in [2.45, 2.75) is 0 Å². The van der Waals surface area contributed by atoms with E-state index < -0.39 is 0 Å². The van der Waals surface area contributed by atoms with E-state index in [1.165, 1.54) is 0 Å². The Balaban J connectivity index is 1.37. The zero-order chi connectivity index (χ0) is 26.7. The van der Waals surface area contributed by atoms with Crippen LogP contribution >= 0.6 is 0 Å². The van der Waals surface area contributed by atoms with Gasteiger partial charge in [-0.3, -0.25) is 9.97 Å². The molecule has 0 N–H and O–H groups in total. The summed E-state index contributed by atoms with van der Waals surface area (Å²) in [4.78, 5) is 23.6. The third kappa shape index (κ3) is 4.50. The van der Waals surface area contributed by atoms with Gasteiger partial charge in [-0.1, -0.05) is 103 Å². The zero-order valence-corrected chi connectivity index (χ0v) is 21.5.